The van der Waals surface area contributed by atoms with Crippen molar-refractivity contribution >= 4 is 45.0 Å². The summed E-state index contributed by atoms with van der Waals surface area (Å²) in [6, 6.07) is 15.7. The first-order valence-electron chi connectivity index (χ1n) is 8.63. The number of aryl methyl sites for hydroxylation is 1. The zero-order chi connectivity index (χ0) is 20.5. The molecule has 0 saturated carbocycles. The second-order valence-corrected chi connectivity index (χ2v) is 7.38. The first-order chi connectivity index (χ1) is 13.9. The highest BCUT2D eigenvalue weighted by Crippen LogP contribution is 2.36. The third kappa shape index (κ3) is 3.78. The Morgan fingerprint density at radius 3 is 2.21 bits per heavy atom. The van der Waals surface area contributed by atoms with Gasteiger partial charge >= 0.3 is 11.9 Å². The van der Waals surface area contributed by atoms with Crippen molar-refractivity contribution in [1.29, 1.82) is 0 Å². The van der Waals surface area contributed by atoms with Crippen molar-refractivity contribution in [1.82, 2.24) is 9.97 Å². The van der Waals surface area contributed by atoms with E-state index in [0.717, 1.165) is 26.7 Å². The lowest BCUT2D eigenvalue weighted by molar-refractivity contribution is 0.0696. The number of carboxylic acids is 2. The van der Waals surface area contributed by atoms with Crippen LogP contribution >= 0.6 is 11.3 Å². The smallest absolute Gasteiger partial charge is 0.335 e. The summed E-state index contributed by atoms with van der Waals surface area (Å²) in [7, 11) is 0. The topological polar surface area (TPSA) is 112 Å². The molecule has 2 heterocycles. The van der Waals surface area contributed by atoms with Gasteiger partial charge in [-0.05, 0) is 36.8 Å². The number of nitrogens with zero attached hydrogens (tertiary/aromatic N) is 2. The minimum atomic E-state index is -1.21. The Bertz CT molecular complexity index is 1220. The van der Waals surface area contributed by atoms with Crippen molar-refractivity contribution in [2.45, 2.75) is 6.92 Å². The van der Waals surface area contributed by atoms with Gasteiger partial charge in [0.2, 0.25) is 0 Å². The summed E-state index contributed by atoms with van der Waals surface area (Å²) in [5.74, 6) is -1.37. The lowest BCUT2D eigenvalue weighted by atomic mass is 10.1. The van der Waals surface area contributed by atoms with E-state index >= 15 is 0 Å². The minimum absolute atomic E-state index is 0.121. The zero-order valence-corrected chi connectivity index (χ0v) is 16.0. The molecule has 0 amide bonds. The molecule has 0 bridgehead atoms. The van der Waals surface area contributed by atoms with Gasteiger partial charge in [0.1, 0.15) is 16.5 Å². The number of hydrogen-bond donors (Lipinski definition) is 3. The van der Waals surface area contributed by atoms with Gasteiger partial charge in [-0.25, -0.2) is 19.6 Å². The third-order valence-electron chi connectivity index (χ3n) is 4.25. The van der Waals surface area contributed by atoms with E-state index in [9.17, 15) is 19.8 Å². The molecule has 8 heteroatoms. The van der Waals surface area contributed by atoms with Crippen LogP contribution in [0.3, 0.4) is 0 Å². The molecule has 0 saturated heterocycles. The molecule has 7 nitrogen and oxygen atoms in total. The van der Waals surface area contributed by atoms with Crippen molar-refractivity contribution in [3.8, 4) is 10.4 Å². The van der Waals surface area contributed by atoms with Gasteiger partial charge in [-0.2, -0.15) is 0 Å². The van der Waals surface area contributed by atoms with Crippen LogP contribution in [0.15, 0.2) is 54.6 Å². The molecule has 0 spiro atoms. The van der Waals surface area contributed by atoms with Crippen LogP contribution in [0.2, 0.25) is 0 Å². The molecule has 0 aliphatic heterocycles. The van der Waals surface area contributed by atoms with Gasteiger partial charge in [0.25, 0.3) is 0 Å². The van der Waals surface area contributed by atoms with E-state index < -0.39 is 11.9 Å². The number of hydrogen-bond acceptors (Lipinski definition) is 6. The maximum Gasteiger partial charge on any atom is 0.335 e. The fraction of sp³-hybridized carbons (Fsp3) is 0.0476. The van der Waals surface area contributed by atoms with Crippen molar-refractivity contribution in [2.75, 3.05) is 5.32 Å². The SMILES string of the molecule is Cc1nc(Nc2cc(C(=O)O)cc(C(=O)O)c2)c2cc(-c3ccccc3)sc2n1. The van der Waals surface area contributed by atoms with Gasteiger partial charge in [-0.1, -0.05) is 30.3 Å². The Morgan fingerprint density at radius 1 is 0.931 bits per heavy atom. The highest BCUT2D eigenvalue weighted by molar-refractivity contribution is 7.21. The Balaban J connectivity index is 1.81. The summed E-state index contributed by atoms with van der Waals surface area (Å²) in [4.78, 5) is 33.5. The second kappa shape index (κ2) is 7.33. The van der Waals surface area contributed by atoms with Gasteiger partial charge in [0, 0.05) is 10.6 Å². The molecule has 144 valence electrons. The van der Waals surface area contributed by atoms with E-state index in [1.54, 1.807) is 6.92 Å². The highest BCUT2D eigenvalue weighted by Gasteiger charge is 2.15. The summed E-state index contributed by atoms with van der Waals surface area (Å²) < 4.78 is 0. The molecule has 0 aliphatic rings. The van der Waals surface area contributed by atoms with Crippen LogP contribution in [0.4, 0.5) is 11.5 Å². The number of rotatable bonds is 5. The molecule has 2 aromatic heterocycles. The number of fused-ring (bicyclic) bond motifs is 1. The average Bonchev–Trinajstić information content (AvgIpc) is 3.12. The minimum Gasteiger partial charge on any atom is -0.478 e. The number of anilines is 2. The van der Waals surface area contributed by atoms with Crippen LogP contribution < -0.4 is 5.32 Å². The second-order valence-electron chi connectivity index (χ2n) is 6.35. The number of aromatic carboxylic acids is 2. The molecule has 0 unspecified atom stereocenters. The Labute approximate surface area is 169 Å². The standard InChI is InChI=1S/C21H15N3O4S/c1-11-22-18(24-15-8-13(20(25)26)7-14(9-15)21(27)28)16-10-17(29-19(16)23-11)12-5-3-2-4-6-12/h2-10H,1H3,(H,25,26)(H,27,28)(H,22,23,24). The van der Waals surface area contributed by atoms with Crippen LogP contribution in [-0.2, 0) is 0 Å². The lowest BCUT2D eigenvalue weighted by Crippen LogP contribution is -2.05. The number of carboxylic acid groups (broad SMARTS) is 2. The molecule has 0 atom stereocenters. The van der Waals surface area contributed by atoms with E-state index in [2.05, 4.69) is 15.3 Å². The Morgan fingerprint density at radius 2 is 1.59 bits per heavy atom. The predicted octanol–water partition coefficient (Wildman–Crippen LogP) is 4.81. The molecule has 4 aromatic rings. The molecule has 29 heavy (non-hydrogen) atoms. The number of thiophene rings is 1. The number of carbonyl (C=O) groups is 2. The molecule has 0 fully saturated rings. The highest BCUT2D eigenvalue weighted by atomic mass is 32.1. The van der Waals surface area contributed by atoms with Crippen LogP contribution in [-0.4, -0.2) is 32.1 Å². The Hall–Kier alpha value is -3.78. The molecular weight excluding hydrogens is 390 g/mol. The maximum atomic E-state index is 11.4. The van der Waals surface area contributed by atoms with Crippen LogP contribution in [0.1, 0.15) is 26.5 Å². The predicted molar refractivity (Wildman–Crippen MR) is 111 cm³/mol. The number of nitrogens with one attached hydrogen (secondary N) is 1. The van der Waals surface area contributed by atoms with Crippen molar-refractivity contribution in [3.05, 3.63) is 71.5 Å². The molecular formula is C21H15N3O4S. The summed E-state index contributed by atoms with van der Waals surface area (Å²) in [6.07, 6.45) is 0. The van der Waals surface area contributed by atoms with E-state index in [-0.39, 0.29) is 11.1 Å². The van der Waals surface area contributed by atoms with Crippen molar-refractivity contribution < 1.29 is 19.8 Å². The molecule has 4 rings (SSSR count). The molecule has 3 N–H and O–H groups in total. The van der Waals surface area contributed by atoms with E-state index in [0.29, 0.717) is 17.3 Å². The van der Waals surface area contributed by atoms with Gasteiger partial charge in [-0.3, -0.25) is 0 Å². The lowest BCUT2D eigenvalue weighted by Gasteiger charge is -2.09. The van der Waals surface area contributed by atoms with Crippen LogP contribution in [0, 0.1) is 6.92 Å². The fourth-order valence-corrected chi connectivity index (χ4v) is 4.03. The summed E-state index contributed by atoms with van der Waals surface area (Å²) in [6.45, 7) is 1.77. The van der Waals surface area contributed by atoms with Gasteiger partial charge in [0.15, 0.2) is 0 Å². The number of aromatic nitrogens is 2. The normalized spacial score (nSPS) is 10.8. The van der Waals surface area contributed by atoms with Crippen LogP contribution in [0.25, 0.3) is 20.7 Å². The maximum absolute atomic E-state index is 11.4. The third-order valence-corrected chi connectivity index (χ3v) is 5.33. The van der Waals surface area contributed by atoms with Crippen molar-refractivity contribution in [3.63, 3.8) is 0 Å². The first-order valence-corrected chi connectivity index (χ1v) is 9.44. The number of benzene rings is 2. The van der Waals surface area contributed by atoms with E-state index in [4.69, 9.17) is 0 Å². The van der Waals surface area contributed by atoms with Gasteiger partial charge in [-0.15, -0.1) is 11.3 Å². The molecule has 2 aromatic carbocycles. The van der Waals surface area contributed by atoms with Crippen LogP contribution in [0.5, 0.6) is 0 Å². The fourth-order valence-electron chi connectivity index (χ4n) is 2.95. The summed E-state index contributed by atoms with van der Waals surface area (Å²) >= 11 is 1.53. The monoisotopic (exact) mass is 405 g/mol. The van der Waals surface area contributed by atoms with Crippen molar-refractivity contribution in [2.24, 2.45) is 0 Å². The first kappa shape index (κ1) is 18.6. The van der Waals surface area contributed by atoms with Gasteiger partial charge in [0.05, 0.1) is 16.5 Å². The Kier molecular flexibility index (Phi) is 4.69. The molecule has 0 radical (unpaired) electrons. The van der Waals surface area contributed by atoms with Gasteiger partial charge < -0.3 is 15.5 Å². The zero-order valence-electron chi connectivity index (χ0n) is 15.2. The van der Waals surface area contributed by atoms with E-state index in [1.807, 2.05) is 36.4 Å². The largest absolute Gasteiger partial charge is 0.478 e. The summed E-state index contributed by atoms with van der Waals surface area (Å²) in [5, 5.41) is 22.4. The summed E-state index contributed by atoms with van der Waals surface area (Å²) in [5.41, 5.74) is 1.14. The molecule has 0 aliphatic carbocycles. The average molecular weight is 405 g/mol. The quantitative estimate of drug-likeness (QED) is 0.437. The van der Waals surface area contributed by atoms with E-state index in [1.165, 1.54) is 23.5 Å².